The van der Waals surface area contributed by atoms with Crippen molar-refractivity contribution < 1.29 is 0 Å². The lowest BCUT2D eigenvalue weighted by molar-refractivity contribution is 0.173. The zero-order valence-corrected chi connectivity index (χ0v) is 14.9. The molecule has 0 fully saturated rings. The number of guanidine groups is 1. The first-order chi connectivity index (χ1) is 10.5. The summed E-state index contributed by atoms with van der Waals surface area (Å²) in [7, 11) is 3.74. The van der Waals surface area contributed by atoms with Crippen LogP contribution in [0.15, 0.2) is 17.3 Å². The summed E-state index contributed by atoms with van der Waals surface area (Å²) in [6.07, 6.45) is 2.91. The van der Waals surface area contributed by atoms with E-state index >= 15 is 0 Å². The first-order valence-electron chi connectivity index (χ1n) is 8.12. The van der Waals surface area contributed by atoms with Crippen molar-refractivity contribution in [3.63, 3.8) is 0 Å². The van der Waals surface area contributed by atoms with Gasteiger partial charge in [-0.2, -0.15) is 5.10 Å². The van der Waals surface area contributed by atoms with Gasteiger partial charge < -0.3 is 10.6 Å². The van der Waals surface area contributed by atoms with Crippen LogP contribution < -0.4 is 10.6 Å². The van der Waals surface area contributed by atoms with E-state index in [1.54, 1.807) is 13.2 Å². The van der Waals surface area contributed by atoms with Crippen LogP contribution in [0.3, 0.4) is 0 Å². The molecule has 0 aliphatic rings. The molecule has 0 aromatic carbocycles. The Kier molecular flexibility index (Phi) is 7.95. The highest BCUT2D eigenvalue weighted by Crippen LogP contribution is 2.05. The fraction of sp³-hybridized carbons (Fsp3) is 0.750. The monoisotopic (exact) mass is 308 g/mol. The summed E-state index contributed by atoms with van der Waals surface area (Å²) in [6, 6.07) is 3.17. The Morgan fingerprint density at radius 1 is 1.27 bits per heavy atom. The summed E-state index contributed by atoms with van der Waals surface area (Å²) in [6.45, 7) is 11.7. The van der Waals surface area contributed by atoms with E-state index in [9.17, 15) is 0 Å². The van der Waals surface area contributed by atoms with E-state index in [1.165, 1.54) is 0 Å². The van der Waals surface area contributed by atoms with Gasteiger partial charge in [0.15, 0.2) is 5.96 Å². The van der Waals surface area contributed by atoms with Crippen LogP contribution in [-0.2, 0) is 13.6 Å². The minimum absolute atomic E-state index is 0.585. The van der Waals surface area contributed by atoms with Crippen LogP contribution in [0.4, 0.5) is 0 Å². The first kappa shape index (κ1) is 18.5. The van der Waals surface area contributed by atoms with E-state index in [1.807, 2.05) is 17.8 Å². The second-order valence-corrected chi connectivity index (χ2v) is 6.08. The van der Waals surface area contributed by atoms with E-state index in [0.29, 0.717) is 12.1 Å². The second-order valence-electron chi connectivity index (χ2n) is 6.08. The van der Waals surface area contributed by atoms with Gasteiger partial charge in [-0.3, -0.25) is 14.6 Å². The molecular weight excluding hydrogens is 276 g/mol. The van der Waals surface area contributed by atoms with Gasteiger partial charge in [-0.05, 0) is 40.2 Å². The maximum Gasteiger partial charge on any atom is 0.191 e. The Hall–Kier alpha value is -1.56. The van der Waals surface area contributed by atoms with Gasteiger partial charge in [0.05, 0.1) is 12.2 Å². The smallest absolute Gasteiger partial charge is 0.191 e. The molecule has 0 spiro atoms. The molecule has 0 saturated heterocycles. The van der Waals surface area contributed by atoms with Gasteiger partial charge in [0.25, 0.3) is 0 Å². The summed E-state index contributed by atoms with van der Waals surface area (Å²) in [5.74, 6) is 0.835. The average Bonchev–Trinajstić information content (AvgIpc) is 2.86. The van der Waals surface area contributed by atoms with Crippen LogP contribution in [0.2, 0.25) is 0 Å². The fourth-order valence-electron chi connectivity index (χ4n) is 2.55. The van der Waals surface area contributed by atoms with Crippen molar-refractivity contribution in [1.29, 1.82) is 0 Å². The largest absolute Gasteiger partial charge is 0.356 e. The van der Waals surface area contributed by atoms with Gasteiger partial charge in [-0.1, -0.05) is 0 Å². The molecule has 1 rings (SSSR count). The number of rotatable bonds is 8. The van der Waals surface area contributed by atoms with Crippen molar-refractivity contribution >= 4 is 5.96 Å². The molecule has 1 aromatic heterocycles. The minimum Gasteiger partial charge on any atom is -0.356 e. The molecule has 0 unspecified atom stereocenters. The molecule has 1 aromatic rings. The van der Waals surface area contributed by atoms with E-state index in [-0.39, 0.29) is 0 Å². The van der Waals surface area contributed by atoms with E-state index in [0.717, 1.165) is 37.7 Å². The van der Waals surface area contributed by atoms with Crippen molar-refractivity contribution in [2.45, 2.75) is 52.7 Å². The maximum atomic E-state index is 4.26. The molecule has 2 N–H and O–H groups in total. The summed E-state index contributed by atoms with van der Waals surface area (Å²) in [4.78, 5) is 6.76. The summed E-state index contributed by atoms with van der Waals surface area (Å²) in [5.41, 5.74) is 1.13. The Morgan fingerprint density at radius 3 is 2.45 bits per heavy atom. The van der Waals surface area contributed by atoms with Gasteiger partial charge in [0.1, 0.15) is 0 Å². The fourth-order valence-corrected chi connectivity index (χ4v) is 2.55. The topological polar surface area (TPSA) is 57.5 Å². The Morgan fingerprint density at radius 2 is 1.95 bits per heavy atom. The molecular formula is C16H32N6. The maximum absolute atomic E-state index is 4.26. The summed E-state index contributed by atoms with van der Waals surface area (Å²) in [5, 5.41) is 10.8. The second kappa shape index (κ2) is 9.46. The number of nitrogens with one attached hydrogen (secondary N) is 2. The van der Waals surface area contributed by atoms with E-state index < -0.39 is 0 Å². The van der Waals surface area contributed by atoms with Crippen molar-refractivity contribution in [3.05, 3.63) is 18.0 Å². The quantitative estimate of drug-likeness (QED) is 0.435. The van der Waals surface area contributed by atoms with Crippen LogP contribution in [-0.4, -0.2) is 52.9 Å². The van der Waals surface area contributed by atoms with Gasteiger partial charge in [0.2, 0.25) is 0 Å². The predicted molar refractivity (Wildman–Crippen MR) is 93.0 cm³/mol. The van der Waals surface area contributed by atoms with Gasteiger partial charge in [0, 0.05) is 45.5 Å². The Bertz CT molecular complexity index is 441. The Balaban J connectivity index is 2.28. The lowest BCUT2D eigenvalue weighted by Gasteiger charge is -2.30. The van der Waals surface area contributed by atoms with Crippen LogP contribution in [0, 0.1) is 0 Å². The highest BCUT2D eigenvalue weighted by molar-refractivity contribution is 5.79. The predicted octanol–water partition coefficient (Wildman–Crippen LogP) is 1.59. The lowest BCUT2D eigenvalue weighted by atomic mass is 10.2. The molecule has 0 atom stereocenters. The summed E-state index contributed by atoms with van der Waals surface area (Å²) < 4.78 is 1.86. The standard InChI is InChI=1S/C16H32N6/c1-13(2)22(14(3)4)11-7-9-18-16(17-5)19-12-15-8-10-20-21(15)6/h8,10,13-14H,7,9,11-12H2,1-6H3,(H2,17,18,19). The number of aryl methyl sites for hydroxylation is 1. The highest BCUT2D eigenvalue weighted by Gasteiger charge is 2.12. The van der Waals surface area contributed by atoms with Crippen molar-refractivity contribution in [1.82, 2.24) is 25.3 Å². The number of hydrogen-bond donors (Lipinski definition) is 2. The van der Waals surface area contributed by atoms with Crippen molar-refractivity contribution in [2.24, 2.45) is 12.0 Å². The third kappa shape index (κ3) is 6.05. The van der Waals surface area contributed by atoms with Crippen LogP contribution in [0.5, 0.6) is 0 Å². The summed E-state index contributed by atoms with van der Waals surface area (Å²) >= 11 is 0. The molecule has 1 heterocycles. The zero-order valence-electron chi connectivity index (χ0n) is 14.9. The molecule has 0 aliphatic carbocycles. The number of nitrogens with zero attached hydrogens (tertiary/aromatic N) is 4. The zero-order chi connectivity index (χ0) is 16.5. The molecule has 0 amide bonds. The van der Waals surface area contributed by atoms with Crippen molar-refractivity contribution in [3.8, 4) is 0 Å². The molecule has 0 bridgehead atoms. The minimum atomic E-state index is 0.585. The highest BCUT2D eigenvalue weighted by atomic mass is 15.3. The normalized spacial score (nSPS) is 12.5. The van der Waals surface area contributed by atoms with Gasteiger partial charge in [-0.15, -0.1) is 0 Å². The molecule has 0 saturated carbocycles. The SMILES string of the molecule is CN=C(NCCCN(C(C)C)C(C)C)NCc1ccnn1C. The average molecular weight is 308 g/mol. The van der Waals surface area contributed by atoms with Crippen LogP contribution >= 0.6 is 0 Å². The van der Waals surface area contributed by atoms with Gasteiger partial charge in [-0.25, -0.2) is 0 Å². The molecule has 126 valence electrons. The molecule has 22 heavy (non-hydrogen) atoms. The lowest BCUT2D eigenvalue weighted by Crippen LogP contribution is -2.41. The molecule has 6 nitrogen and oxygen atoms in total. The molecule has 6 heteroatoms. The number of aliphatic imine (C=N–C) groups is 1. The van der Waals surface area contributed by atoms with Gasteiger partial charge >= 0.3 is 0 Å². The molecule has 0 aliphatic heterocycles. The first-order valence-corrected chi connectivity index (χ1v) is 8.12. The van der Waals surface area contributed by atoms with Crippen LogP contribution in [0.25, 0.3) is 0 Å². The third-order valence-corrected chi connectivity index (χ3v) is 3.80. The van der Waals surface area contributed by atoms with Crippen molar-refractivity contribution in [2.75, 3.05) is 20.1 Å². The Labute approximate surface area is 135 Å². The third-order valence-electron chi connectivity index (χ3n) is 3.80. The molecule has 0 radical (unpaired) electrons. The van der Waals surface area contributed by atoms with E-state index in [4.69, 9.17) is 0 Å². The number of aromatic nitrogens is 2. The van der Waals surface area contributed by atoms with Crippen LogP contribution in [0.1, 0.15) is 39.8 Å². The number of hydrogen-bond acceptors (Lipinski definition) is 3. The van der Waals surface area contributed by atoms with E-state index in [2.05, 4.69) is 53.3 Å².